The van der Waals surface area contributed by atoms with E-state index in [9.17, 15) is 19.1 Å². The highest BCUT2D eigenvalue weighted by Crippen LogP contribution is 2.45. The van der Waals surface area contributed by atoms with Gasteiger partial charge in [0.2, 0.25) is 5.91 Å². The van der Waals surface area contributed by atoms with E-state index in [0.717, 1.165) is 28.0 Å². The van der Waals surface area contributed by atoms with Crippen molar-refractivity contribution in [3.63, 3.8) is 0 Å². The molecule has 2 N–H and O–H groups in total. The lowest BCUT2D eigenvalue weighted by Crippen LogP contribution is -2.36. The Morgan fingerprint density at radius 1 is 1.05 bits per heavy atom. The zero-order valence-electron chi connectivity index (χ0n) is 24.8. The first kappa shape index (κ1) is 30.4. The third-order valence-corrected chi connectivity index (χ3v) is 7.39. The number of nitrogens with one attached hydrogen (secondary N) is 1. The number of carbonyl (C=O) groups is 2. The van der Waals surface area contributed by atoms with Crippen LogP contribution in [0.1, 0.15) is 35.7 Å². The Labute approximate surface area is 245 Å². The Bertz CT molecular complexity index is 1530. The van der Waals surface area contributed by atoms with E-state index in [1.165, 1.54) is 31.3 Å². The Balaban J connectivity index is 1.72. The van der Waals surface area contributed by atoms with E-state index in [2.05, 4.69) is 5.32 Å². The molecule has 0 aliphatic heterocycles. The number of aryl methyl sites for hydroxylation is 1. The van der Waals surface area contributed by atoms with Crippen LogP contribution in [0.15, 0.2) is 54.2 Å². The van der Waals surface area contributed by atoms with E-state index in [0.29, 0.717) is 41.4 Å². The fraction of sp³-hybridized carbons (Fsp3) is 0.312. The quantitative estimate of drug-likeness (QED) is 0.323. The smallest absolute Gasteiger partial charge is 0.412 e. The van der Waals surface area contributed by atoms with Gasteiger partial charge in [-0.2, -0.15) is 0 Å². The summed E-state index contributed by atoms with van der Waals surface area (Å²) in [6.45, 7) is 3.02. The molecule has 0 unspecified atom stereocenters. The molecule has 1 heterocycles. The minimum atomic E-state index is -1.12. The molecular weight excluding hydrogens is 539 g/mol. The van der Waals surface area contributed by atoms with Gasteiger partial charge in [0.05, 0.1) is 27.2 Å². The summed E-state index contributed by atoms with van der Waals surface area (Å²) in [5.41, 5.74) is 5.89. The molecule has 0 fully saturated rings. The summed E-state index contributed by atoms with van der Waals surface area (Å²) in [6, 6.07) is 11.9. The number of allylic oxidation sites excluding steroid dienone is 2. The molecule has 9 nitrogen and oxygen atoms in total. The fourth-order valence-electron chi connectivity index (χ4n) is 5.11. The van der Waals surface area contributed by atoms with Gasteiger partial charge < -0.3 is 29.4 Å². The summed E-state index contributed by atoms with van der Waals surface area (Å²) < 4.78 is 27.6. The van der Waals surface area contributed by atoms with Crippen molar-refractivity contribution in [1.82, 2.24) is 14.8 Å². The SMILES string of the molecule is COc1cc(/C=C2/C(C)=C(CC(=O)NCc3cccn3C)c3cc(F)ccc32)cc(OC)c1N(CCN(C)C)C(=O)O. The molecular formula is C32H37FN4O5. The second-order valence-electron chi connectivity index (χ2n) is 10.4. The molecule has 4 rings (SSSR count). The number of hydrogen-bond donors (Lipinski definition) is 2. The number of benzene rings is 2. The van der Waals surface area contributed by atoms with Crippen molar-refractivity contribution in [3.05, 3.63) is 82.4 Å². The summed E-state index contributed by atoms with van der Waals surface area (Å²) in [5.74, 6) is 0.119. The largest absolute Gasteiger partial charge is 0.494 e. The van der Waals surface area contributed by atoms with Gasteiger partial charge >= 0.3 is 6.09 Å². The van der Waals surface area contributed by atoms with Crippen molar-refractivity contribution >= 4 is 34.9 Å². The van der Waals surface area contributed by atoms with E-state index in [1.807, 2.05) is 61.9 Å². The standard InChI is InChI=1S/C32H37FN4O5/c1-20-25(14-21-15-28(41-5)31(29(16-21)42-6)37(32(39)40)13-12-35(2)3)24-10-9-22(33)17-27(24)26(20)18-30(38)34-19-23-8-7-11-36(23)4/h7-11,14-17H,12-13,18-19H2,1-6H3,(H,34,38)(H,39,40)/b25-14-. The van der Waals surface area contributed by atoms with Gasteiger partial charge in [-0.05, 0) is 96.9 Å². The first-order valence-electron chi connectivity index (χ1n) is 13.5. The lowest BCUT2D eigenvalue weighted by Gasteiger charge is -2.25. The van der Waals surface area contributed by atoms with Crippen LogP contribution in [0.4, 0.5) is 14.9 Å². The summed E-state index contributed by atoms with van der Waals surface area (Å²) in [4.78, 5) is 28.3. The zero-order valence-corrected chi connectivity index (χ0v) is 24.8. The van der Waals surface area contributed by atoms with Crippen LogP contribution in [0.5, 0.6) is 11.5 Å². The van der Waals surface area contributed by atoms with Gasteiger partial charge in [-0.25, -0.2) is 9.18 Å². The van der Waals surface area contributed by atoms with Crippen molar-refractivity contribution in [2.45, 2.75) is 19.9 Å². The number of rotatable bonds is 11. The number of likely N-dealkylation sites (N-methyl/N-ethyl adjacent to an activating group) is 1. The molecule has 0 saturated heterocycles. The van der Waals surface area contributed by atoms with Crippen LogP contribution in [0.25, 0.3) is 17.2 Å². The second-order valence-corrected chi connectivity index (χ2v) is 10.4. The number of carbonyl (C=O) groups excluding carboxylic acids is 1. The third kappa shape index (κ3) is 6.49. The number of hydrogen-bond acceptors (Lipinski definition) is 5. The molecule has 3 aromatic rings. The predicted molar refractivity (Wildman–Crippen MR) is 162 cm³/mol. The van der Waals surface area contributed by atoms with Crippen molar-refractivity contribution in [1.29, 1.82) is 0 Å². The lowest BCUT2D eigenvalue weighted by molar-refractivity contribution is -0.120. The first-order chi connectivity index (χ1) is 20.0. The molecule has 2 amide bonds. The summed E-state index contributed by atoms with van der Waals surface area (Å²) in [7, 11) is 8.61. The number of amides is 2. The minimum Gasteiger partial charge on any atom is -0.494 e. The molecule has 0 saturated carbocycles. The van der Waals surface area contributed by atoms with E-state index in [1.54, 1.807) is 18.2 Å². The number of halogens is 1. The maximum absolute atomic E-state index is 14.4. The van der Waals surface area contributed by atoms with Crippen LogP contribution in [0.3, 0.4) is 0 Å². The maximum atomic E-state index is 14.4. The molecule has 1 aliphatic carbocycles. The number of methoxy groups -OCH3 is 2. The fourth-order valence-corrected chi connectivity index (χ4v) is 5.11. The number of aromatic nitrogens is 1. The van der Waals surface area contributed by atoms with Crippen LogP contribution in [-0.4, -0.2) is 68.0 Å². The minimum absolute atomic E-state index is 0.0923. The Morgan fingerprint density at radius 3 is 2.31 bits per heavy atom. The highest BCUT2D eigenvalue weighted by molar-refractivity contribution is 6.08. The van der Waals surface area contributed by atoms with Crippen LogP contribution in [-0.2, 0) is 18.4 Å². The average Bonchev–Trinajstić information content (AvgIpc) is 3.47. The molecule has 0 atom stereocenters. The van der Waals surface area contributed by atoms with Crippen LogP contribution >= 0.6 is 0 Å². The van der Waals surface area contributed by atoms with Crippen LogP contribution in [0.2, 0.25) is 0 Å². The average molecular weight is 577 g/mol. The maximum Gasteiger partial charge on any atom is 0.412 e. The van der Waals surface area contributed by atoms with E-state index in [-0.39, 0.29) is 24.7 Å². The normalized spacial score (nSPS) is 13.5. The zero-order chi connectivity index (χ0) is 30.6. The summed E-state index contributed by atoms with van der Waals surface area (Å²) in [5, 5.41) is 12.9. The van der Waals surface area contributed by atoms with Gasteiger partial charge in [0.1, 0.15) is 23.0 Å². The van der Waals surface area contributed by atoms with E-state index < -0.39 is 6.09 Å². The second kappa shape index (κ2) is 12.9. The molecule has 0 radical (unpaired) electrons. The number of anilines is 1. The van der Waals surface area contributed by atoms with Crippen molar-refractivity contribution in [2.24, 2.45) is 7.05 Å². The van der Waals surface area contributed by atoms with Crippen LogP contribution < -0.4 is 19.7 Å². The number of carboxylic acid groups (broad SMARTS) is 1. The molecule has 0 spiro atoms. The molecule has 1 aliphatic rings. The van der Waals surface area contributed by atoms with Crippen molar-refractivity contribution in [3.8, 4) is 11.5 Å². The lowest BCUT2D eigenvalue weighted by atomic mass is 10.00. The summed E-state index contributed by atoms with van der Waals surface area (Å²) in [6.07, 6.45) is 2.80. The first-order valence-corrected chi connectivity index (χ1v) is 13.5. The van der Waals surface area contributed by atoms with Crippen molar-refractivity contribution < 1.29 is 28.6 Å². The molecule has 222 valence electrons. The van der Waals surface area contributed by atoms with Gasteiger partial charge in [0.25, 0.3) is 0 Å². The molecule has 10 heteroatoms. The van der Waals surface area contributed by atoms with Gasteiger partial charge in [0.15, 0.2) is 0 Å². The predicted octanol–water partition coefficient (Wildman–Crippen LogP) is 5.26. The van der Waals surface area contributed by atoms with E-state index in [4.69, 9.17) is 9.47 Å². The van der Waals surface area contributed by atoms with Gasteiger partial charge in [0, 0.05) is 32.0 Å². The van der Waals surface area contributed by atoms with Gasteiger partial charge in [-0.3, -0.25) is 9.69 Å². The Morgan fingerprint density at radius 2 is 1.74 bits per heavy atom. The molecule has 0 bridgehead atoms. The topological polar surface area (TPSA) is 96.3 Å². The highest BCUT2D eigenvalue weighted by Gasteiger charge is 2.27. The monoisotopic (exact) mass is 576 g/mol. The van der Waals surface area contributed by atoms with E-state index >= 15 is 0 Å². The molecule has 2 aromatic carbocycles. The number of fused-ring (bicyclic) bond motifs is 1. The third-order valence-electron chi connectivity index (χ3n) is 7.39. The summed E-state index contributed by atoms with van der Waals surface area (Å²) >= 11 is 0. The molecule has 1 aromatic heterocycles. The van der Waals surface area contributed by atoms with Crippen LogP contribution in [0, 0.1) is 5.82 Å². The van der Waals surface area contributed by atoms with Gasteiger partial charge in [-0.1, -0.05) is 6.07 Å². The Kier molecular flexibility index (Phi) is 9.37. The number of ether oxygens (including phenoxy) is 2. The van der Waals surface area contributed by atoms with Gasteiger partial charge in [-0.15, -0.1) is 0 Å². The number of nitrogens with zero attached hydrogens (tertiary/aromatic N) is 3. The molecule has 42 heavy (non-hydrogen) atoms. The highest BCUT2D eigenvalue weighted by atomic mass is 19.1. The van der Waals surface area contributed by atoms with Crippen molar-refractivity contribution in [2.75, 3.05) is 46.3 Å². The Hall–Kier alpha value is -4.57.